The molecule has 19 heavy (non-hydrogen) atoms. The molecule has 1 aromatic carbocycles. The molecule has 0 atom stereocenters. The van der Waals surface area contributed by atoms with Crippen LogP contribution in [0, 0.1) is 18.2 Å². The summed E-state index contributed by atoms with van der Waals surface area (Å²) < 4.78 is 14.1. The van der Waals surface area contributed by atoms with E-state index >= 15 is 0 Å². The Kier molecular flexibility index (Phi) is 4.92. The van der Waals surface area contributed by atoms with Crippen molar-refractivity contribution in [2.75, 3.05) is 0 Å². The molecule has 0 aliphatic rings. The fourth-order valence-electron chi connectivity index (χ4n) is 1.46. The van der Waals surface area contributed by atoms with E-state index in [-0.39, 0.29) is 18.1 Å². The summed E-state index contributed by atoms with van der Waals surface area (Å²) in [6.07, 6.45) is 0. The first-order valence-corrected chi connectivity index (χ1v) is 6.32. The van der Waals surface area contributed by atoms with Gasteiger partial charge in [-0.05, 0) is 24.7 Å². The summed E-state index contributed by atoms with van der Waals surface area (Å²) in [4.78, 5) is 15.5. The van der Waals surface area contributed by atoms with Gasteiger partial charge in [0, 0.05) is 17.5 Å². The van der Waals surface area contributed by atoms with Crippen LogP contribution >= 0.6 is 12.2 Å². The van der Waals surface area contributed by atoms with Crippen LogP contribution in [0.1, 0.15) is 31.9 Å². The molecule has 0 saturated heterocycles. The van der Waals surface area contributed by atoms with E-state index < -0.39 is 11.2 Å². The van der Waals surface area contributed by atoms with Crippen molar-refractivity contribution in [3.8, 4) is 0 Å². The second-order valence-electron chi connectivity index (χ2n) is 5.34. The van der Waals surface area contributed by atoms with Gasteiger partial charge in [0.25, 0.3) is 0 Å². The van der Waals surface area contributed by atoms with Crippen molar-refractivity contribution in [2.24, 2.45) is 10.4 Å². The monoisotopic (exact) mass is 280 g/mol. The normalized spacial score (nSPS) is 10.8. The van der Waals surface area contributed by atoms with Gasteiger partial charge in [0.1, 0.15) is 5.69 Å². The Bertz CT molecular complexity index is 543. The SMILES string of the molecule is Cc1ccc(CNC(=O)C(C)(C)C)c(F)c1N=C=S. The van der Waals surface area contributed by atoms with Crippen LogP contribution in [-0.2, 0) is 11.3 Å². The van der Waals surface area contributed by atoms with E-state index in [4.69, 9.17) is 0 Å². The van der Waals surface area contributed by atoms with E-state index in [1.165, 1.54) is 0 Å². The second-order valence-corrected chi connectivity index (χ2v) is 5.52. The Labute approximate surface area is 117 Å². The number of aliphatic imine (C=N–C) groups is 1. The van der Waals surface area contributed by atoms with Gasteiger partial charge >= 0.3 is 0 Å². The highest BCUT2D eigenvalue weighted by Gasteiger charge is 2.21. The van der Waals surface area contributed by atoms with Crippen LogP contribution in [0.25, 0.3) is 0 Å². The molecule has 1 amide bonds. The summed E-state index contributed by atoms with van der Waals surface area (Å²) in [5.41, 5.74) is 0.738. The van der Waals surface area contributed by atoms with Gasteiger partial charge < -0.3 is 5.32 Å². The standard InChI is InChI=1S/C14H17FN2OS/c1-9-5-6-10(11(15)12(9)17-8-19)7-16-13(18)14(2,3)4/h5-6H,7H2,1-4H3,(H,16,18). The van der Waals surface area contributed by atoms with E-state index in [1.807, 2.05) is 0 Å². The van der Waals surface area contributed by atoms with Crippen LogP contribution in [0.5, 0.6) is 0 Å². The molecule has 1 N–H and O–H groups in total. The highest BCUT2D eigenvalue weighted by Crippen LogP contribution is 2.25. The maximum absolute atomic E-state index is 14.1. The number of hydrogen-bond donors (Lipinski definition) is 1. The molecule has 0 aliphatic heterocycles. The minimum atomic E-state index is -0.503. The molecule has 0 spiro atoms. The number of rotatable bonds is 3. The number of thiocarbonyl (C=S) groups is 1. The number of carbonyl (C=O) groups is 1. The Balaban J connectivity index is 2.95. The van der Waals surface area contributed by atoms with Crippen molar-refractivity contribution in [1.82, 2.24) is 5.32 Å². The lowest BCUT2D eigenvalue weighted by Gasteiger charge is -2.18. The van der Waals surface area contributed by atoms with E-state index in [9.17, 15) is 9.18 Å². The fourth-order valence-corrected chi connectivity index (χ4v) is 1.55. The number of benzene rings is 1. The van der Waals surface area contributed by atoms with Crippen LogP contribution in [0.2, 0.25) is 0 Å². The molecule has 102 valence electrons. The molecule has 0 aliphatic carbocycles. The van der Waals surface area contributed by atoms with E-state index in [0.717, 1.165) is 0 Å². The predicted octanol–water partition coefficient (Wildman–Crippen LogP) is 3.53. The van der Waals surface area contributed by atoms with E-state index in [2.05, 4.69) is 27.7 Å². The van der Waals surface area contributed by atoms with Crippen LogP contribution in [0.3, 0.4) is 0 Å². The van der Waals surface area contributed by atoms with Crippen molar-refractivity contribution in [2.45, 2.75) is 34.2 Å². The molecule has 0 heterocycles. The van der Waals surface area contributed by atoms with Gasteiger partial charge in [0.05, 0.1) is 5.16 Å². The van der Waals surface area contributed by atoms with Gasteiger partial charge in [-0.3, -0.25) is 4.79 Å². The summed E-state index contributed by atoms with van der Waals surface area (Å²) in [6.45, 7) is 7.27. The lowest BCUT2D eigenvalue weighted by atomic mass is 9.95. The van der Waals surface area contributed by atoms with E-state index in [1.54, 1.807) is 39.8 Å². The lowest BCUT2D eigenvalue weighted by Crippen LogP contribution is -2.34. The molecule has 1 rings (SSSR count). The third-order valence-electron chi connectivity index (χ3n) is 2.68. The summed E-state index contributed by atoms with van der Waals surface area (Å²) in [5, 5.41) is 4.86. The van der Waals surface area contributed by atoms with Crippen molar-refractivity contribution >= 4 is 29.0 Å². The maximum Gasteiger partial charge on any atom is 0.225 e. The number of amides is 1. The molecule has 0 unspecified atom stereocenters. The molecule has 0 aromatic heterocycles. The first-order valence-electron chi connectivity index (χ1n) is 5.91. The third kappa shape index (κ3) is 3.94. The number of carbonyl (C=O) groups excluding carboxylic acids is 1. The fraction of sp³-hybridized carbons (Fsp3) is 0.429. The summed E-state index contributed by atoms with van der Waals surface area (Å²) in [5.74, 6) is -0.598. The summed E-state index contributed by atoms with van der Waals surface area (Å²) in [6, 6.07) is 3.38. The average Bonchev–Trinajstić information content (AvgIpc) is 2.32. The Morgan fingerprint density at radius 2 is 2.11 bits per heavy atom. The van der Waals surface area contributed by atoms with Crippen molar-refractivity contribution in [3.63, 3.8) is 0 Å². The first-order chi connectivity index (χ1) is 8.77. The third-order valence-corrected chi connectivity index (χ3v) is 2.77. The maximum atomic E-state index is 14.1. The molecule has 1 aromatic rings. The lowest BCUT2D eigenvalue weighted by molar-refractivity contribution is -0.128. The second kappa shape index (κ2) is 6.04. The molecule has 5 heteroatoms. The van der Waals surface area contributed by atoms with Gasteiger partial charge in [-0.25, -0.2) is 4.39 Å². The zero-order valence-electron chi connectivity index (χ0n) is 11.5. The molecular formula is C14H17FN2OS. The summed E-state index contributed by atoms with van der Waals surface area (Å²) >= 11 is 4.50. The van der Waals surface area contributed by atoms with Gasteiger partial charge in [-0.15, -0.1) is 0 Å². The first kappa shape index (κ1) is 15.5. The van der Waals surface area contributed by atoms with Gasteiger partial charge in [0.15, 0.2) is 5.82 Å². The molecule has 0 saturated carbocycles. The predicted molar refractivity (Wildman–Crippen MR) is 77.1 cm³/mol. The zero-order valence-corrected chi connectivity index (χ0v) is 12.3. The minimum absolute atomic E-state index is 0.127. The number of nitrogens with zero attached hydrogens (tertiary/aromatic N) is 1. The Hall–Kier alpha value is -1.58. The van der Waals surface area contributed by atoms with Crippen LogP contribution in [-0.4, -0.2) is 11.1 Å². The van der Waals surface area contributed by atoms with Crippen molar-refractivity contribution < 1.29 is 9.18 Å². The molecule has 0 fully saturated rings. The smallest absolute Gasteiger partial charge is 0.225 e. The summed E-state index contributed by atoms with van der Waals surface area (Å²) in [7, 11) is 0. The highest BCUT2D eigenvalue weighted by atomic mass is 32.1. The van der Waals surface area contributed by atoms with Crippen LogP contribution in [0.15, 0.2) is 17.1 Å². The number of hydrogen-bond acceptors (Lipinski definition) is 3. The number of nitrogens with one attached hydrogen (secondary N) is 1. The minimum Gasteiger partial charge on any atom is -0.351 e. The Morgan fingerprint density at radius 1 is 1.47 bits per heavy atom. The quantitative estimate of drug-likeness (QED) is 0.679. The zero-order chi connectivity index (χ0) is 14.6. The topological polar surface area (TPSA) is 41.5 Å². The largest absolute Gasteiger partial charge is 0.351 e. The molecule has 0 bridgehead atoms. The van der Waals surface area contributed by atoms with Crippen LogP contribution < -0.4 is 5.32 Å². The average molecular weight is 280 g/mol. The van der Waals surface area contributed by atoms with Gasteiger partial charge in [-0.2, -0.15) is 4.99 Å². The molecular weight excluding hydrogens is 263 g/mol. The number of aryl methyl sites for hydroxylation is 1. The van der Waals surface area contributed by atoms with Gasteiger partial charge in [-0.1, -0.05) is 32.9 Å². The highest BCUT2D eigenvalue weighted by molar-refractivity contribution is 7.78. The van der Waals surface area contributed by atoms with Crippen molar-refractivity contribution in [3.05, 3.63) is 29.1 Å². The van der Waals surface area contributed by atoms with E-state index in [0.29, 0.717) is 11.1 Å². The molecule has 0 radical (unpaired) electrons. The van der Waals surface area contributed by atoms with Crippen LogP contribution in [0.4, 0.5) is 10.1 Å². The van der Waals surface area contributed by atoms with Crippen molar-refractivity contribution in [1.29, 1.82) is 0 Å². The number of halogens is 1. The Morgan fingerprint density at radius 3 is 2.63 bits per heavy atom. The number of isothiocyanates is 1. The molecule has 3 nitrogen and oxygen atoms in total. The van der Waals surface area contributed by atoms with Gasteiger partial charge in [0.2, 0.25) is 5.91 Å².